The number of nitrogens with zero attached hydrogens (tertiary/aromatic N) is 4. The number of benzene rings is 2. The SMILES string of the molecule is CN(C)CCCOc1ccc(-c2ccc3ncc4ncc(C5CCOCC5)n4c3c2)cc1. The van der Waals surface area contributed by atoms with Gasteiger partial charge in [0.25, 0.3) is 0 Å². The van der Waals surface area contributed by atoms with Gasteiger partial charge in [-0.1, -0.05) is 18.2 Å². The van der Waals surface area contributed by atoms with E-state index in [4.69, 9.17) is 9.47 Å². The van der Waals surface area contributed by atoms with Gasteiger partial charge < -0.3 is 14.4 Å². The first-order chi connectivity index (χ1) is 15.7. The second kappa shape index (κ2) is 9.27. The van der Waals surface area contributed by atoms with E-state index >= 15 is 0 Å². The molecule has 0 atom stereocenters. The average Bonchev–Trinajstić information content (AvgIpc) is 3.27. The van der Waals surface area contributed by atoms with Crippen LogP contribution in [0.5, 0.6) is 5.75 Å². The molecule has 2 aromatic heterocycles. The highest BCUT2D eigenvalue weighted by atomic mass is 16.5. The Bertz CT molecular complexity index is 1190. The summed E-state index contributed by atoms with van der Waals surface area (Å²) in [4.78, 5) is 11.5. The molecule has 1 saturated heterocycles. The summed E-state index contributed by atoms with van der Waals surface area (Å²) in [7, 11) is 4.16. The molecule has 32 heavy (non-hydrogen) atoms. The standard InChI is InChI=1S/C26H30N4O2/c1-29(2)12-3-13-32-22-7-4-19(5-8-22)21-6-9-23-24(16-21)30-25(17-28-26(30)18-27-23)20-10-14-31-15-11-20/h4-9,16-18,20H,3,10-15H2,1-2H3. The highest BCUT2D eigenvalue weighted by Crippen LogP contribution is 2.31. The lowest BCUT2D eigenvalue weighted by atomic mass is 9.97. The molecule has 0 N–H and O–H groups in total. The third-order valence-electron chi connectivity index (χ3n) is 6.20. The van der Waals surface area contributed by atoms with Crippen molar-refractivity contribution in [3.05, 3.63) is 60.6 Å². The van der Waals surface area contributed by atoms with Gasteiger partial charge in [0, 0.05) is 37.6 Å². The fourth-order valence-electron chi connectivity index (χ4n) is 4.45. The smallest absolute Gasteiger partial charge is 0.156 e. The monoisotopic (exact) mass is 430 g/mol. The van der Waals surface area contributed by atoms with Crippen molar-refractivity contribution >= 4 is 16.7 Å². The molecule has 0 amide bonds. The van der Waals surface area contributed by atoms with E-state index in [-0.39, 0.29) is 0 Å². The second-order valence-electron chi connectivity index (χ2n) is 8.75. The van der Waals surface area contributed by atoms with Crippen molar-refractivity contribution in [2.45, 2.75) is 25.2 Å². The van der Waals surface area contributed by atoms with E-state index in [0.29, 0.717) is 5.92 Å². The minimum absolute atomic E-state index is 0.469. The normalized spacial score (nSPS) is 15.1. The summed E-state index contributed by atoms with van der Waals surface area (Å²) < 4.78 is 13.7. The lowest BCUT2D eigenvalue weighted by molar-refractivity contribution is 0.0844. The first kappa shape index (κ1) is 20.9. The molecule has 3 heterocycles. The lowest BCUT2D eigenvalue weighted by Crippen LogP contribution is -2.15. The molecule has 2 aromatic carbocycles. The summed E-state index contributed by atoms with van der Waals surface area (Å²) >= 11 is 0. The van der Waals surface area contributed by atoms with E-state index in [9.17, 15) is 0 Å². The predicted molar refractivity (Wildman–Crippen MR) is 127 cm³/mol. The van der Waals surface area contributed by atoms with Crippen LogP contribution in [0, 0.1) is 0 Å². The van der Waals surface area contributed by atoms with E-state index in [0.717, 1.165) is 79.2 Å². The van der Waals surface area contributed by atoms with Crippen molar-refractivity contribution in [3.63, 3.8) is 0 Å². The average molecular weight is 431 g/mol. The molecule has 1 aliphatic heterocycles. The zero-order valence-electron chi connectivity index (χ0n) is 18.8. The summed E-state index contributed by atoms with van der Waals surface area (Å²) in [5.41, 5.74) is 6.57. The molecule has 6 heteroatoms. The molecule has 1 fully saturated rings. The van der Waals surface area contributed by atoms with Gasteiger partial charge in [-0.2, -0.15) is 0 Å². The van der Waals surface area contributed by atoms with Crippen LogP contribution in [-0.4, -0.2) is 59.7 Å². The maximum absolute atomic E-state index is 5.89. The quantitative estimate of drug-likeness (QED) is 0.395. The van der Waals surface area contributed by atoms with Gasteiger partial charge in [0.05, 0.1) is 23.8 Å². The van der Waals surface area contributed by atoms with Crippen LogP contribution < -0.4 is 4.74 Å². The van der Waals surface area contributed by atoms with Crippen LogP contribution in [0.2, 0.25) is 0 Å². The van der Waals surface area contributed by atoms with Crippen LogP contribution in [-0.2, 0) is 4.74 Å². The van der Waals surface area contributed by atoms with E-state index in [1.807, 2.05) is 12.4 Å². The van der Waals surface area contributed by atoms with E-state index in [2.05, 4.69) is 75.8 Å². The summed E-state index contributed by atoms with van der Waals surface area (Å²) in [5, 5.41) is 0. The zero-order chi connectivity index (χ0) is 21.9. The molecule has 0 radical (unpaired) electrons. The molecular weight excluding hydrogens is 400 g/mol. The molecule has 5 rings (SSSR count). The minimum atomic E-state index is 0.469. The Morgan fingerprint density at radius 3 is 2.56 bits per heavy atom. The van der Waals surface area contributed by atoms with Crippen LogP contribution in [0.15, 0.2) is 54.9 Å². The molecule has 166 valence electrons. The molecule has 0 unspecified atom stereocenters. The number of fused-ring (bicyclic) bond motifs is 3. The largest absolute Gasteiger partial charge is 0.494 e. The third-order valence-corrected chi connectivity index (χ3v) is 6.20. The van der Waals surface area contributed by atoms with Crippen molar-refractivity contribution in [3.8, 4) is 16.9 Å². The van der Waals surface area contributed by atoms with Gasteiger partial charge >= 0.3 is 0 Å². The summed E-state index contributed by atoms with van der Waals surface area (Å²) in [5.74, 6) is 1.38. The predicted octanol–water partition coefficient (Wildman–Crippen LogP) is 4.77. The van der Waals surface area contributed by atoms with Crippen molar-refractivity contribution in [2.75, 3.05) is 40.5 Å². The molecule has 0 saturated carbocycles. The number of aromatic nitrogens is 3. The van der Waals surface area contributed by atoms with Gasteiger partial charge in [-0.05, 0) is 68.8 Å². The second-order valence-corrected chi connectivity index (χ2v) is 8.75. The molecule has 4 aromatic rings. The van der Waals surface area contributed by atoms with Gasteiger partial charge in [-0.3, -0.25) is 9.38 Å². The molecule has 1 aliphatic rings. The minimum Gasteiger partial charge on any atom is -0.494 e. The Labute approximate surface area is 188 Å². The molecule has 0 aliphatic carbocycles. The van der Waals surface area contributed by atoms with Crippen LogP contribution in [0.25, 0.3) is 27.8 Å². The lowest BCUT2D eigenvalue weighted by Gasteiger charge is -2.22. The maximum Gasteiger partial charge on any atom is 0.156 e. The number of rotatable bonds is 7. The van der Waals surface area contributed by atoms with Crippen LogP contribution in [0.1, 0.15) is 30.9 Å². The Hall–Kier alpha value is -2.96. The Morgan fingerprint density at radius 1 is 1.00 bits per heavy atom. The van der Waals surface area contributed by atoms with Gasteiger partial charge in [-0.25, -0.2) is 4.98 Å². The summed E-state index contributed by atoms with van der Waals surface area (Å²) in [6.07, 6.45) is 6.97. The van der Waals surface area contributed by atoms with E-state index < -0.39 is 0 Å². The Kier molecular flexibility index (Phi) is 6.06. The fraction of sp³-hybridized carbons (Fsp3) is 0.385. The van der Waals surface area contributed by atoms with Crippen molar-refractivity contribution in [1.82, 2.24) is 19.3 Å². The maximum atomic E-state index is 5.89. The zero-order valence-corrected chi connectivity index (χ0v) is 18.8. The molecule has 6 nitrogen and oxygen atoms in total. The van der Waals surface area contributed by atoms with Gasteiger partial charge in [-0.15, -0.1) is 0 Å². The molecular formula is C26H30N4O2. The molecule has 0 spiro atoms. The van der Waals surface area contributed by atoms with Crippen LogP contribution in [0.4, 0.5) is 0 Å². The van der Waals surface area contributed by atoms with Crippen LogP contribution in [0.3, 0.4) is 0 Å². The highest BCUT2D eigenvalue weighted by molar-refractivity contribution is 5.84. The highest BCUT2D eigenvalue weighted by Gasteiger charge is 2.21. The van der Waals surface area contributed by atoms with Gasteiger partial charge in [0.2, 0.25) is 0 Å². The summed E-state index contributed by atoms with van der Waals surface area (Å²) in [6.45, 7) is 3.39. The van der Waals surface area contributed by atoms with Gasteiger partial charge in [0.15, 0.2) is 5.65 Å². The number of ether oxygens (including phenoxy) is 2. The number of imidazole rings is 1. The Morgan fingerprint density at radius 2 is 1.78 bits per heavy atom. The summed E-state index contributed by atoms with van der Waals surface area (Å²) in [6, 6.07) is 14.8. The number of hydrogen-bond donors (Lipinski definition) is 0. The first-order valence-corrected chi connectivity index (χ1v) is 11.4. The van der Waals surface area contributed by atoms with Crippen molar-refractivity contribution in [2.24, 2.45) is 0 Å². The first-order valence-electron chi connectivity index (χ1n) is 11.4. The van der Waals surface area contributed by atoms with E-state index in [1.165, 1.54) is 5.69 Å². The number of hydrogen-bond acceptors (Lipinski definition) is 5. The Balaban J connectivity index is 1.43. The fourth-order valence-corrected chi connectivity index (χ4v) is 4.45. The topological polar surface area (TPSA) is 51.9 Å². The third kappa shape index (κ3) is 4.33. The molecule has 0 bridgehead atoms. The van der Waals surface area contributed by atoms with Gasteiger partial charge in [0.1, 0.15) is 5.75 Å². The van der Waals surface area contributed by atoms with Crippen LogP contribution >= 0.6 is 0 Å². The van der Waals surface area contributed by atoms with Crippen molar-refractivity contribution in [1.29, 1.82) is 0 Å². The van der Waals surface area contributed by atoms with Crippen molar-refractivity contribution < 1.29 is 9.47 Å². The van der Waals surface area contributed by atoms with E-state index in [1.54, 1.807) is 0 Å².